The molecule has 0 aliphatic heterocycles. The molecule has 0 saturated carbocycles. The van der Waals surface area contributed by atoms with Gasteiger partial charge in [0.25, 0.3) is 5.56 Å². The first-order chi connectivity index (χ1) is 11.5. The molecular weight excluding hydrogens is 313 g/mol. The number of rotatable bonds is 4. The predicted octanol–water partition coefficient (Wildman–Crippen LogP) is 2.87. The summed E-state index contributed by atoms with van der Waals surface area (Å²) in [6.07, 6.45) is 3.67. The average Bonchev–Trinajstić information content (AvgIpc) is 3.05. The number of carboxylic acid groups (broad SMARTS) is 1. The summed E-state index contributed by atoms with van der Waals surface area (Å²) in [6, 6.07) is 3.50. The summed E-state index contributed by atoms with van der Waals surface area (Å²) in [5, 5.41) is 9.48. The van der Waals surface area contributed by atoms with E-state index < -0.39 is 23.4 Å². The van der Waals surface area contributed by atoms with Crippen LogP contribution in [-0.2, 0) is 0 Å². The van der Waals surface area contributed by atoms with E-state index in [2.05, 4.69) is 9.97 Å². The normalized spacial score (nSPS) is 12.5. The van der Waals surface area contributed by atoms with Crippen LogP contribution in [0.1, 0.15) is 41.3 Å². The topological polar surface area (TPSA) is 88.0 Å². The van der Waals surface area contributed by atoms with Crippen molar-refractivity contribution in [2.24, 2.45) is 0 Å². The smallest absolute Gasteiger partial charge is 0.338 e. The molecular formula is C17H16FN3O3. The molecule has 24 heavy (non-hydrogen) atoms. The van der Waals surface area contributed by atoms with E-state index in [0.717, 1.165) is 6.07 Å². The van der Waals surface area contributed by atoms with Gasteiger partial charge in [0, 0.05) is 23.5 Å². The van der Waals surface area contributed by atoms with Gasteiger partial charge in [0.2, 0.25) is 0 Å². The van der Waals surface area contributed by atoms with Gasteiger partial charge in [-0.25, -0.2) is 14.2 Å². The van der Waals surface area contributed by atoms with Crippen molar-refractivity contribution < 1.29 is 14.3 Å². The molecule has 0 saturated heterocycles. The molecule has 0 spiro atoms. The number of nitrogens with one attached hydrogen (secondary N) is 1. The first kappa shape index (κ1) is 15.9. The summed E-state index contributed by atoms with van der Waals surface area (Å²) in [4.78, 5) is 31.8. The number of H-pyrrole nitrogens is 1. The summed E-state index contributed by atoms with van der Waals surface area (Å²) >= 11 is 0. The highest BCUT2D eigenvalue weighted by Crippen LogP contribution is 2.26. The van der Waals surface area contributed by atoms with Gasteiger partial charge in [-0.15, -0.1) is 0 Å². The summed E-state index contributed by atoms with van der Waals surface area (Å²) in [7, 11) is 0. The van der Waals surface area contributed by atoms with E-state index in [9.17, 15) is 19.1 Å². The van der Waals surface area contributed by atoms with Gasteiger partial charge < -0.3 is 14.7 Å². The van der Waals surface area contributed by atoms with E-state index in [1.165, 1.54) is 16.7 Å². The van der Waals surface area contributed by atoms with Crippen molar-refractivity contribution in [1.29, 1.82) is 0 Å². The zero-order valence-electron chi connectivity index (χ0n) is 13.2. The molecule has 2 aromatic heterocycles. The molecule has 0 amide bonds. The standard InChI is InChI=1S/C17H16FN3O3/c1-3-12(15-19-7-8-20-15)21-9(2)13(17(23)24)10-5-4-6-11(18)14(10)16(21)22/h4-8,12H,3H2,1-2H3,(H,19,20)(H,23,24). The van der Waals surface area contributed by atoms with Crippen molar-refractivity contribution in [2.45, 2.75) is 26.3 Å². The van der Waals surface area contributed by atoms with Crippen molar-refractivity contribution >= 4 is 16.7 Å². The van der Waals surface area contributed by atoms with Crippen molar-refractivity contribution in [2.75, 3.05) is 0 Å². The van der Waals surface area contributed by atoms with Crippen LogP contribution in [0.3, 0.4) is 0 Å². The Morgan fingerprint density at radius 1 is 1.46 bits per heavy atom. The van der Waals surface area contributed by atoms with E-state index in [0.29, 0.717) is 12.2 Å². The fourth-order valence-corrected chi connectivity index (χ4v) is 3.14. The largest absolute Gasteiger partial charge is 0.478 e. The number of carbonyl (C=O) groups is 1. The third-order valence-corrected chi connectivity index (χ3v) is 4.19. The lowest BCUT2D eigenvalue weighted by atomic mass is 10.0. The molecule has 2 N–H and O–H groups in total. The lowest BCUT2D eigenvalue weighted by Crippen LogP contribution is -2.30. The third-order valence-electron chi connectivity index (χ3n) is 4.19. The number of halogens is 1. The van der Waals surface area contributed by atoms with Gasteiger partial charge in [-0.05, 0) is 19.4 Å². The molecule has 0 bridgehead atoms. The lowest BCUT2D eigenvalue weighted by Gasteiger charge is -2.22. The number of hydrogen-bond donors (Lipinski definition) is 2. The number of imidazole rings is 1. The van der Waals surface area contributed by atoms with Crippen LogP contribution >= 0.6 is 0 Å². The van der Waals surface area contributed by atoms with Crippen LogP contribution in [-0.4, -0.2) is 25.6 Å². The van der Waals surface area contributed by atoms with Crippen LogP contribution < -0.4 is 5.56 Å². The SMILES string of the molecule is CCC(c1ncc[nH]1)n1c(C)c(C(=O)O)c2cccc(F)c2c1=O. The van der Waals surface area contributed by atoms with Gasteiger partial charge in [-0.1, -0.05) is 19.1 Å². The van der Waals surface area contributed by atoms with Crippen molar-refractivity contribution in [1.82, 2.24) is 14.5 Å². The predicted molar refractivity (Wildman–Crippen MR) is 86.9 cm³/mol. The van der Waals surface area contributed by atoms with Crippen LogP contribution in [0.15, 0.2) is 35.4 Å². The molecule has 1 unspecified atom stereocenters. The molecule has 2 heterocycles. The number of aromatic amines is 1. The van der Waals surface area contributed by atoms with Crippen LogP contribution in [0, 0.1) is 12.7 Å². The van der Waals surface area contributed by atoms with Crippen LogP contribution in [0.2, 0.25) is 0 Å². The zero-order chi connectivity index (χ0) is 17.4. The maximum Gasteiger partial charge on any atom is 0.338 e. The fraction of sp³-hybridized carbons (Fsp3) is 0.235. The first-order valence-electron chi connectivity index (χ1n) is 7.53. The summed E-state index contributed by atoms with van der Waals surface area (Å²) in [5.74, 6) is -1.41. The van der Waals surface area contributed by atoms with Crippen molar-refractivity contribution in [3.8, 4) is 0 Å². The first-order valence-corrected chi connectivity index (χ1v) is 7.53. The van der Waals surface area contributed by atoms with E-state index in [1.807, 2.05) is 6.92 Å². The highest BCUT2D eigenvalue weighted by molar-refractivity contribution is 6.04. The molecule has 0 aliphatic rings. The number of carboxylic acids is 1. The average molecular weight is 329 g/mol. The second kappa shape index (κ2) is 5.92. The maximum absolute atomic E-state index is 14.3. The van der Waals surface area contributed by atoms with E-state index in [-0.39, 0.29) is 22.0 Å². The number of benzene rings is 1. The molecule has 0 aliphatic carbocycles. The minimum Gasteiger partial charge on any atom is -0.478 e. The Hall–Kier alpha value is -2.96. The second-order valence-corrected chi connectivity index (χ2v) is 5.50. The molecule has 7 heteroatoms. The molecule has 0 fully saturated rings. The summed E-state index contributed by atoms with van der Waals surface area (Å²) < 4.78 is 15.6. The second-order valence-electron chi connectivity index (χ2n) is 5.50. The molecule has 3 aromatic rings. The van der Waals surface area contributed by atoms with Crippen LogP contribution in [0.4, 0.5) is 4.39 Å². The molecule has 1 aromatic carbocycles. The summed E-state index contributed by atoms with van der Waals surface area (Å²) in [5.41, 5.74) is -0.364. The zero-order valence-corrected chi connectivity index (χ0v) is 13.2. The fourth-order valence-electron chi connectivity index (χ4n) is 3.14. The molecule has 1 atom stereocenters. The Morgan fingerprint density at radius 3 is 2.79 bits per heavy atom. The minimum absolute atomic E-state index is 0.0749. The van der Waals surface area contributed by atoms with E-state index >= 15 is 0 Å². The van der Waals surface area contributed by atoms with Gasteiger partial charge in [0.15, 0.2) is 0 Å². The van der Waals surface area contributed by atoms with E-state index in [4.69, 9.17) is 0 Å². The highest BCUT2D eigenvalue weighted by Gasteiger charge is 2.25. The van der Waals surface area contributed by atoms with E-state index in [1.54, 1.807) is 19.3 Å². The van der Waals surface area contributed by atoms with Gasteiger partial charge >= 0.3 is 5.97 Å². The van der Waals surface area contributed by atoms with Crippen molar-refractivity contribution in [3.05, 3.63) is 63.8 Å². The Labute approximate surface area is 136 Å². The van der Waals surface area contributed by atoms with Crippen LogP contribution in [0.5, 0.6) is 0 Å². The Balaban J connectivity index is 2.47. The van der Waals surface area contributed by atoms with Gasteiger partial charge in [-0.2, -0.15) is 0 Å². The molecule has 124 valence electrons. The number of aromatic carboxylic acids is 1. The van der Waals surface area contributed by atoms with Crippen LogP contribution in [0.25, 0.3) is 10.8 Å². The Morgan fingerprint density at radius 2 is 2.21 bits per heavy atom. The quantitative estimate of drug-likeness (QED) is 0.770. The number of hydrogen-bond acceptors (Lipinski definition) is 3. The van der Waals surface area contributed by atoms with Gasteiger partial charge in [0.1, 0.15) is 11.6 Å². The molecule has 3 rings (SSSR count). The third kappa shape index (κ3) is 2.29. The lowest BCUT2D eigenvalue weighted by molar-refractivity contribution is 0.0697. The molecule has 0 radical (unpaired) electrons. The Bertz CT molecular complexity index is 977. The highest BCUT2D eigenvalue weighted by atomic mass is 19.1. The summed E-state index contributed by atoms with van der Waals surface area (Å²) in [6.45, 7) is 3.41. The van der Waals surface area contributed by atoms with Gasteiger partial charge in [0.05, 0.1) is 17.0 Å². The number of aromatic nitrogens is 3. The van der Waals surface area contributed by atoms with Crippen molar-refractivity contribution in [3.63, 3.8) is 0 Å². The molecule has 6 nitrogen and oxygen atoms in total. The minimum atomic E-state index is -1.20. The number of pyridine rings is 1. The van der Waals surface area contributed by atoms with Gasteiger partial charge in [-0.3, -0.25) is 4.79 Å². The monoisotopic (exact) mass is 329 g/mol. The number of nitrogens with zero attached hydrogens (tertiary/aromatic N) is 2. The Kier molecular flexibility index (Phi) is 3.92. The number of fused-ring (bicyclic) bond motifs is 1. The maximum atomic E-state index is 14.3.